The van der Waals surface area contributed by atoms with Gasteiger partial charge >= 0.3 is 0 Å². The van der Waals surface area contributed by atoms with Gasteiger partial charge in [0.25, 0.3) is 5.91 Å². The summed E-state index contributed by atoms with van der Waals surface area (Å²) >= 11 is 0. The van der Waals surface area contributed by atoms with Crippen molar-refractivity contribution in [3.05, 3.63) is 29.3 Å². The largest absolute Gasteiger partial charge is 0.497 e. The number of hydroxylamine groups is 2. The van der Waals surface area contributed by atoms with E-state index < -0.39 is 17.9 Å². The number of ketones is 1. The van der Waals surface area contributed by atoms with Crippen LogP contribution in [-0.2, 0) is 4.84 Å². The molecule has 1 heterocycles. The van der Waals surface area contributed by atoms with Crippen LogP contribution in [0, 0.1) is 0 Å². The van der Waals surface area contributed by atoms with E-state index in [0.29, 0.717) is 10.8 Å². The molecule has 0 bridgehead atoms. The summed E-state index contributed by atoms with van der Waals surface area (Å²) in [7, 11) is 2.67. The van der Waals surface area contributed by atoms with Crippen molar-refractivity contribution >= 4 is 11.7 Å². The zero-order valence-electron chi connectivity index (χ0n) is 9.34. The molecule has 6 nitrogen and oxygen atoms in total. The predicted molar refractivity (Wildman–Crippen MR) is 56.5 cm³/mol. The van der Waals surface area contributed by atoms with Gasteiger partial charge in [0.2, 0.25) is 12.0 Å². The van der Waals surface area contributed by atoms with E-state index in [0.717, 1.165) is 0 Å². The van der Waals surface area contributed by atoms with E-state index >= 15 is 0 Å². The van der Waals surface area contributed by atoms with Crippen LogP contribution in [0.2, 0.25) is 0 Å². The summed E-state index contributed by atoms with van der Waals surface area (Å²) in [5, 5.41) is 10.2. The van der Waals surface area contributed by atoms with Crippen LogP contribution in [0.5, 0.6) is 5.75 Å². The van der Waals surface area contributed by atoms with Crippen LogP contribution in [-0.4, -0.2) is 42.3 Å². The van der Waals surface area contributed by atoms with Crippen LogP contribution in [0.1, 0.15) is 20.7 Å². The molecule has 0 aliphatic carbocycles. The highest BCUT2D eigenvalue weighted by atomic mass is 16.7. The van der Waals surface area contributed by atoms with Crippen LogP contribution in [0.3, 0.4) is 0 Å². The highest BCUT2D eigenvalue weighted by molar-refractivity contribution is 6.14. The van der Waals surface area contributed by atoms with Crippen molar-refractivity contribution in [2.75, 3.05) is 14.2 Å². The van der Waals surface area contributed by atoms with Gasteiger partial charge in [-0.05, 0) is 18.2 Å². The van der Waals surface area contributed by atoms with Crippen LogP contribution >= 0.6 is 0 Å². The van der Waals surface area contributed by atoms with E-state index in [9.17, 15) is 14.7 Å². The molecule has 1 aliphatic rings. The van der Waals surface area contributed by atoms with Crippen LogP contribution < -0.4 is 4.74 Å². The average Bonchev–Trinajstić information content (AvgIpc) is 2.36. The third kappa shape index (κ3) is 1.67. The molecule has 1 aliphatic heterocycles. The molecular weight excluding hydrogens is 226 g/mol. The molecule has 6 heteroatoms. The number of methoxy groups -OCH3 is 1. The summed E-state index contributed by atoms with van der Waals surface area (Å²) in [5.74, 6) is -0.699. The van der Waals surface area contributed by atoms with Gasteiger partial charge in [-0.2, -0.15) is 5.06 Å². The number of nitrogens with zero attached hydrogens (tertiary/aromatic N) is 1. The lowest BCUT2D eigenvalue weighted by molar-refractivity contribution is -0.167. The molecule has 1 aromatic rings. The Balaban J connectivity index is 2.56. The van der Waals surface area contributed by atoms with Gasteiger partial charge in [0.05, 0.1) is 19.8 Å². The molecule has 1 atom stereocenters. The van der Waals surface area contributed by atoms with E-state index in [1.807, 2.05) is 0 Å². The van der Waals surface area contributed by atoms with Crippen LogP contribution in [0.25, 0.3) is 0 Å². The van der Waals surface area contributed by atoms with Gasteiger partial charge in [0.1, 0.15) is 5.75 Å². The van der Waals surface area contributed by atoms with E-state index in [1.54, 1.807) is 6.07 Å². The number of rotatable bonds is 2. The fraction of sp³-hybridized carbons (Fsp3) is 0.273. The average molecular weight is 237 g/mol. The van der Waals surface area contributed by atoms with Gasteiger partial charge in [-0.1, -0.05) is 0 Å². The fourth-order valence-corrected chi connectivity index (χ4v) is 1.70. The Morgan fingerprint density at radius 3 is 2.53 bits per heavy atom. The maximum absolute atomic E-state index is 11.9. The quantitative estimate of drug-likeness (QED) is 0.795. The first-order valence-electron chi connectivity index (χ1n) is 4.88. The minimum atomic E-state index is -1.60. The first-order chi connectivity index (χ1) is 8.10. The van der Waals surface area contributed by atoms with Crippen molar-refractivity contribution in [1.29, 1.82) is 0 Å². The summed E-state index contributed by atoms with van der Waals surface area (Å²) in [6.07, 6.45) is -1.60. The second-order valence-corrected chi connectivity index (χ2v) is 3.46. The Labute approximate surface area is 97.3 Å². The molecule has 2 rings (SSSR count). The molecule has 0 fully saturated rings. The van der Waals surface area contributed by atoms with Gasteiger partial charge in [-0.3, -0.25) is 14.4 Å². The molecule has 0 radical (unpaired) electrons. The maximum atomic E-state index is 11.9. The number of amides is 1. The van der Waals surface area contributed by atoms with Crippen molar-refractivity contribution in [3.8, 4) is 5.75 Å². The predicted octanol–water partition coefficient (Wildman–Crippen LogP) is 0.213. The standard InChI is InChI=1S/C11H11NO5/c1-16-6-3-4-7-8(5-6)10(14)12(17-2)11(15)9(7)13/h3-5,11,15H,1-2H3. The molecule has 1 aromatic carbocycles. The van der Waals surface area contributed by atoms with Crippen molar-refractivity contribution in [2.45, 2.75) is 6.23 Å². The van der Waals surface area contributed by atoms with Crippen LogP contribution in [0.15, 0.2) is 18.2 Å². The molecule has 0 aromatic heterocycles. The number of aliphatic hydroxyl groups excluding tert-OH is 1. The number of hydrogen-bond donors (Lipinski definition) is 1. The molecule has 0 saturated heterocycles. The zero-order chi connectivity index (χ0) is 12.6. The molecular formula is C11H11NO5. The summed E-state index contributed by atoms with van der Waals surface area (Å²) in [6.45, 7) is 0. The monoisotopic (exact) mass is 237 g/mol. The van der Waals surface area contributed by atoms with E-state index in [1.165, 1.54) is 26.4 Å². The summed E-state index contributed by atoms with van der Waals surface area (Å²) in [5.41, 5.74) is 0.318. The lowest BCUT2D eigenvalue weighted by atomic mass is 9.97. The lowest BCUT2D eigenvalue weighted by Crippen LogP contribution is -2.48. The fourth-order valence-electron chi connectivity index (χ4n) is 1.70. The molecule has 1 unspecified atom stereocenters. The van der Waals surface area contributed by atoms with E-state index in [-0.39, 0.29) is 11.1 Å². The van der Waals surface area contributed by atoms with Gasteiger partial charge in [-0.15, -0.1) is 0 Å². The Kier molecular flexibility index (Phi) is 2.83. The number of fused-ring (bicyclic) bond motifs is 1. The lowest BCUT2D eigenvalue weighted by Gasteiger charge is -2.29. The maximum Gasteiger partial charge on any atom is 0.281 e. The molecule has 1 N–H and O–H groups in total. The number of ether oxygens (including phenoxy) is 1. The minimum Gasteiger partial charge on any atom is -0.497 e. The third-order valence-electron chi connectivity index (χ3n) is 2.58. The topological polar surface area (TPSA) is 76.1 Å². The number of aliphatic hydroxyl groups is 1. The summed E-state index contributed by atoms with van der Waals surface area (Å²) in [6, 6.07) is 4.44. The van der Waals surface area contributed by atoms with Crippen molar-refractivity contribution in [1.82, 2.24) is 5.06 Å². The minimum absolute atomic E-state index is 0.154. The molecule has 1 amide bonds. The summed E-state index contributed by atoms with van der Waals surface area (Å²) < 4.78 is 4.97. The second-order valence-electron chi connectivity index (χ2n) is 3.46. The van der Waals surface area contributed by atoms with Gasteiger partial charge in [0.15, 0.2) is 0 Å². The molecule has 0 saturated carbocycles. The normalized spacial score (nSPS) is 19.2. The van der Waals surface area contributed by atoms with Gasteiger partial charge in [-0.25, -0.2) is 0 Å². The number of hydrogen-bond acceptors (Lipinski definition) is 5. The van der Waals surface area contributed by atoms with Gasteiger partial charge in [0, 0.05) is 5.56 Å². The third-order valence-corrected chi connectivity index (χ3v) is 2.58. The van der Waals surface area contributed by atoms with Crippen molar-refractivity contribution in [3.63, 3.8) is 0 Å². The molecule has 90 valence electrons. The number of Topliss-reactive ketones (excluding diaryl/α,β-unsaturated/α-hetero) is 1. The van der Waals surface area contributed by atoms with E-state index in [4.69, 9.17) is 4.74 Å². The Bertz CT molecular complexity index is 485. The first-order valence-corrected chi connectivity index (χ1v) is 4.88. The van der Waals surface area contributed by atoms with Crippen molar-refractivity contribution in [2.24, 2.45) is 0 Å². The SMILES string of the molecule is COc1ccc2c(c1)C(=O)N(OC)C(O)C2=O. The number of carbonyl (C=O) groups is 2. The zero-order valence-corrected chi connectivity index (χ0v) is 9.34. The first kappa shape index (κ1) is 11.6. The van der Waals surface area contributed by atoms with Crippen LogP contribution in [0.4, 0.5) is 0 Å². The molecule has 17 heavy (non-hydrogen) atoms. The van der Waals surface area contributed by atoms with Crippen molar-refractivity contribution < 1.29 is 24.3 Å². The van der Waals surface area contributed by atoms with E-state index in [2.05, 4.69) is 4.84 Å². The summed E-state index contributed by atoms with van der Waals surface area (Å²) in [4.78, 5) is 28.4. The number of carbonyl (C=O) groups excluding carboxylic acids is 2. The second kappa shape index (κ2) is 4.15. The highest BCUT2D eigenvalue weighted by Gasteiger charge is 2.38. The smallest absolute Gasteiger partial charge is 0.281 e. The Morgan fingerprint density at radius 1 is 1.24 bits per heavy atom. The van der Waals surface area contributed by atoms with Gasteiger partial charge < -0.3 is 9.84 Å². The number of benzene rings is 1. The highest BCUT2D eigenvalue weighted by Crippen LogP contribution is 2.26. The Hall–Kier alpha value is -1.92. The Morgan fingerprint density at radius 2 is 1.94 bits per heavy atom. The molecule has 0 spiro atoms.